The van der Waals surface area contributed by atoms with Gasteiger partial charge in [0.25, 0.3) is 0 Å². The van der Waals surface area contributed by atoms with Gasteiger partial charge >= 0.3 is 5.22 Å². The smallest absolute Gasteiger partial charge is 0.335 e. The number of carbonyl (C=O) groups is 1. The van der Waals surface area contributed by atoms with Crippen LogP contribution in [-0.4, -0.2) is 24.5 Å². The summed E-state index contributed by atoms with van der Waals surface area (Å²) in [6, 6.07) is 5.54. The number of nitrogens with zero attached hydrogens (tertiary/aromatic N) is 2. The lowest BCUT2D eigenvalue weighted by Gasteiger charge is -2.16. The molecule has 0 spiro atoms. The van der Waals surface area contributed by atoms with Crippen LogP contribution in [0, 0.1) is 11.2 Å². The molecule has 0 saturated carbocycles. The molecule has 7 nitrogen and oxygen atoms in total. The topological polar surface area (TPSA) is 102 Å². The minimum absolute atomic E-state index is 0.0123. The molecule has 1 amide bonds. The maximum atomic E-state index is 13.6. The molecule has 0 aliphatic carbocycles. The molecule has 0 aliphatic heterocycles. The van der Waals surface area contributed by atoms with Crippen LogP contribution in [0.1, 0.15) is 32.2 Å². The first-order chi connectivity index (χ1) is 11.1. The Hall–Kier alpha value is -2.29. The summed E-state index contributed by atoms with van der Waals surface area (Å²) in [6.45, 7) is 5.12. The van der Waals surface area contributed by atoms with Crippen molar-refractivity contribution in [2.24, 2.45) is 5.41 Å². The molecule has 1 N–H and O–H groups in total. The molecular weight excluding hydrogens is 337 g/mol. The standard InChI is InChI=1S/C15H18FN3O4S/c1-15(2,3)13(20)17-8-12-18-19-14(23-12)24(21,22)9-10-6-4-5-7-11(10)16/h4-7H,8-9H2,1-3H3,(H,17,20). The highest BCUT2D eigenvalue weighted by Gasteiger charge is 2.25. The van der Waals surface area contributed by atoms with Crippen LogP contribution in [0.3, 0.4) is 0 Å². The minimum Gasteiger partial charge on any atom is -0.411 e. The SMILES string of the molecule is CC(C)(C)C(=O)NCc1nnc(S(=O)(=O)Cc2ccccc2F)o1. The average Bonchev–Trinajstić information content (AvgIpc) is 2.96. The van der Waals surface area contributed by atoms with E-state index < -0.39 is 32.0 Å². The van der Waals surface area contributed by atoms with Gasteiger partial charge in [0.15, 0.2) is 0 Å². The number of hydrogen-bond donors (Lipinski definition) is 1. The Morgan fingerprint density at radius 3 is 2.54 bits per heavy atom. The van der Waals surface area contributed by atoms with Crippen molar-refractivity contribution in [1.82, 2.24) is 15.5 Å². The van der Waals surface area contributed by atoms with Gasteiger partial charge in [-0.3, -0.25) is 4.79 Å². The monoisotopic (exact) mass is 355 g/mol. The van der Waals surface area contributed by atoms with E-state index in [4.69, 9.17) is 4.42 Å². The molecule has 0 saturated heterocycles. The number of hydrogen-bond acceptors (Lipinski definition) is 6. The molecule has 0 unspecified atom stereocenters. The lowest BCUT2D eigenvalue weighted by molar-refractivity contribution is -0.128. The Labute approximate surface area is 139 Å². The summed E-state index contributed by atoms with van der Waals surface area (Å²) in [4.78, 5) is 11.8. The number of nitrogens with one attached hydrogen (secondary N) is 1. The molecule has 0 radical (unpaired) electrons. The van der Waals surface area contributed by atoms with E-state index in [0.717, 1.165) is 0 Å². The summed E-state index contributed by atoms with van der Waals surface area (Å²) >= 11 is 0. The van der Waals surface area contributed by atoms with Gasteiger partial charge in [-0.25, -0.2) is 12.8 Å². The lowest BCUT2D eigenvalue weighted by Crippen LogP contribution is -2.34. The first kappa shape index (κ1) is 18.1. The number of rotatable bonds is 5. The third-order valence-electron chi connectivity index (χ3n) is 3.10. The van der Waals surface area contributed by atoms with E-state index in [1.807, 2.05) is 0 Å². The van der Waals surface area contributed by atoms with E-state index >= 15 is 0 Å². The molecule has 0 fully saturated rings. The largest absolute Gasteiger partial charge is 0.411 e. The van der Waals surface area contributed by atoms with Gasteiger partial charge in [0.05, 0.1) is 12.3 Å². The zero-order valence-electron chi connectivity index (χ0n) is 13.5. The lowest BCUT2D eigenvalue weighted by atomic mass is 9.96. The molecule has 1 aromatic heterocycles. The average molecular weight is 355 g/mol. The number of sulfone groups is 1. The highest BCUT2D eigenvalue weighted by atomic mass is 32.2. The minimum atomic E-state index is -3.97. The first-order valence-corrected chi connectivity index (χ1v) is 8.81. The third-order valence-corrected chi connectivity index (χ3v) is 4.49. The molecule has 0 atom stereocenters. The molecule has 0 aliphatic rings. The van der Waals surface area contributed by atoms with Crippen LogP contribution in [-0.2, 0) is 26.9 Å². The molecular formula is C15H18FN3O4S. The Morgan fingerprint density at radius 1 is 1.25 bits per heavy atom. The van der Waals surface area contributed by atoms with Crippen molar-refractivity contribution in [1.29, 1.82) is 0 Å². The summed E-state index contributed by atoms with van der Waals surface area (Å²) in [5, 5.41) is 9.04. The third kappa shape index (κ3) is 4.38. The summed E-state index contributed by atoms with van der Waals surface area (Å²) in [7, 11) is -3.97. The van der Waals surface area contributed by atoms with Gasteiger partial charge in [-0.2, -0.15) is 0 Å². The van der Waals surface area contributed by atoms with Crippen molar-refractivity contribution in [3.05, 3.63) is 41.5 Å². The summed E-state index contributed by atoms with van der Waals surface area (Å²) in [6.07, 6.45) is 0. The van der Waals surface area contributed by atoms with Gasteiger partial charge < -0.3 is 9.73 Å². The van der Waals surface area contributed by atoms with E-state index in [0.29, 0.717) is 0 Å². The van der Waals surface area contributed by atoms with Crippen LogP contribution >= 0.6 is 0 Å². The van der Waals surface area contributed by atoms with Gasteiger partial charge in [-0.15, -0.1) is 5.10 Å². The Balaban J connectivity index is 2.09. The second-order valence-corrected chi connectivity index (χ2v) is 8.11. The van der Waals surface area contributed by atoms with E-state index in [-0.39, 0.29) is 23.9 Å². The fraction of sp³-hybridized carbons (Fsp3) is 0.400. The summed E-state index contributed by atoms with van der Waals surface area (Å²) in [5.74, 6) is -1.50. The summed E-state index contributed by atoms with van der Waals surface area (Å²) in [5.41, 5.74) is -0.585. The number of amides is 1. The molecule has 2 aromatic rings. The van der Waals surface area contributed by atoms with Crippen LogP contribution in [0.15, 0.2) is 33.9 Å². The highest BCUT2D eigenvalue weighted by molar-refractivity contribution is 7.90. The van der Waals surface area contributed by atoms with Crippen LogP contribution in [0.2, 0.25) is 0 Å². The summed E-state index contributed by atoms with van der Waals surface area (Å²) < 4.78 is 43.1. The van der Waals surface area contributed by atoms with E-state index in [2.05, 4.69) is 15.5 Å². The normalized spacial score (nSPS) is 12.2. The molecule has 24 heavy (non-hydrogen) atoms. The van der Waals surface area contributed by atoms with E-state index in [9.17, 15) is 17.6 Å². The molecule has 2 rings (SSSR count). The Morgan fingerprint density at radius 2 is 1.92 bits per heavy atom. The number of benzene rings is 1. The van der Waals surface area contributed by atoms with Crippen molar-refractivity contribution in [3.63, 3.8) is 0 Å². The maximum absolute atomic E-state index is 13.6. The number of halogens is 1. The van der Waals surface area contributed by atoms with E-state index in [1.54, 1.807) is 20.8 Å². The zero-order valence-corrected chi connectivity index (χ0v) is 14.4. The molecule has 1 aromatic carbocycles. The van der Waals surface area contributed by atoms with Gasteiger partial charge in [0, 0.05) is 11.0 Å². The van der Waals surface area contributed by atoms with Crippen LogP contribution < -0.4 is 5.32 Å². The van der Waals surface area contributed by atoms with E-state index in [1.165, 1.54) is 24.3 Å². The maximum Gasteiger partial charge on any atom is 0.335 e. The quantitative estimate of drug-likeness (QED) is 0.878. The predicted molar refractivity (Wildman–Crippen MR) is 82.9 cm³/mol. The molecule has 9 heteroatoms. The first-order valence-electron chi connectivity index (χ1n) is 7.16. The highest BCUT2D eigenvalue weighted by Crippen LogP contribution is 2.18. The van der Waals surface area contributed by atoms with Gasteiger partial charge in [-0.05, 0) is 6.07 Å². The van der Waals surface area contributed by atoms with Gasteiger partial charge in [0.2, 0.25) is 21.6 Å². The predicted octanol–water partition coefficient (Wildman–Crippen LogP) is 1.84. The van der Waals surface area contributed by atoms with Gasteiger partial charge in [0.1, 0.15) is 5.82 Å². The second-order valence-electron chi connectivity index (χ2n) is 6.24. The van der Waals surface area contributed by atoms with Crippen molar-refractivity contribution in [2.75, 3.05) is 0 Å². The fourth-order valence-electron chi connectivity index (χ4n) is 1.74. The van der Waals surface area contributed by atoms with Crippen LogP contribution in [0.4, 0.5) is 4.39 Å². The molecule has 130 valence electrons. The van der Waals surface area contributed by atoms with Crippen LogP contribution in [0.25, 0.3) is 0 Å². The Kier molecular flexibility index (Phi) is 5.02. The van der Waals surface area contributed by atoms with Crippen molar-refractivity contribution in [3.8, 4) is 0 Å². The van der Waals surface area contributed by atoms with Crippen LogP contribution in [0.5, 0.6) is 0 Å². The zero-order chi connectivity index (χ0) is 18.0. The number of carbonyl (C=O) groups excluding carboxylic acids is 1. The number of aromatic nitrogens is 2. The Bertz CT molecular complexity index is 840. The van der Waals surface area contributed by atoms with Crippen molar-refractivity contribution >= 4 is 15.7 Å². The van der Waals surface area contributed by atoms with Crippen molar-refractivity contribution in [2.45, 2.75) is 38.3 Å². The molecule has 1 heterocycles. The fourth-order valence-corrected chi connectivity index (χ4v) is 2.89. The molecule has 0 bridgehead atoms. The van der Waals surface area contributed by atoms with Gasteiger partial charge in [-0.1, -0.05) is 44.1 Å². The second kappa shape index (κ2) is 6.68. The van der Waals surface area contributed by atoms with Crippen molar-refractivity contribution < 1.29 is 22.0 Å².